The number of aromatic nitrogens is 2. The van der Waals surface area contributed by atoms with E-state index in [1.807, 2.05) is 32.0 Å². The maximum atomic E-state index is 13.5. The van der Waals surface area contributed by atoms with Crippen LogP contribution in [0.1, 0.15) is 66.1 Å². The number of anilines is 1. The van der Waals surface area contributed by atoms with Crippen molar-refractivity contribution in [2.75, 3.05) is 11.3 Å². The molecule has 2 N–H and O–H groups in total. The lowest BCUT2D eigenvalue weighted by Gasteiger charge is -2.21. The van der Waals surface area contributed by atoms with E-state index in [0.717, 1.165) is 35.1 Å². The number of carbonyl (C=O) groups excluding carboxylic acids is 1. The number of fused-ring (bicyclic) bond motifs is 4. The van der Waals surface area contributed by atoms with Gasteiger partial charge in [-0.25, -0.2) is 18.1 Å². The Morgan fingerprint density at radius 2 is 1.78 bits per heavy atom. The minimum Gasteiger partial charge on any atom is -0.475 e. The quantitative estimate of drug-likeness (QED) is 0.502. The maximum absolute atomic E-state index is 13.5. The van der Waals surface area contributed by atoms with Gasteiger partial charge in [-0.3, -0.25) is 4.79 Å². The first-order valence-electron chi connectivity index (χ1n) is 12.7. The fourth-order valence-corrected chi connectivity index (χ4v) is 5.85. The van der Waals surface area contributed by atoms with Gasteiger partial charge >= 0.3 is 0 Å². The highest BCUT2D eigenvalue weighted by Gasteiger charge is 2.29. The normalized spacial score (nSPS) is 19.1. The average molecular weight is 521 g/mol. The molecule has 4 bridgehead atoms. The van der Waals surface area contributed by atoms with Crippen LogP contribution in [0, 0.1) is 19.8 Å². The summed E-state index contributed by atoms with van der Waals surface area (Å²) in [4.78, 5) is 22.2. The molecule has 0 spiro atoms. The minimum atomic E-state index is -4.07. The first-order chi connectivity index (χ1) is 17.6. The standard InChI is InChI=1S/C28H32N4O4S/c1-16(2)10-22-15-36-25-14-24(26-17(3)6-5-7-18(26)4)30-28(31-25)32-37(34,35)23-12-20(19-8-9-19)11-21(13-23)27(33)29-22/h5-7,11-14,16,19,22H,8-10,15H2,1-4H3,(H,29,33)(H,30,31,32)/t22-/m1/s1. The number of benzene rings is 2. The smallest absolute Gasteiger partial charge is 0.264 e. The number of hydrogen-bond acceptors (Lipinski definition) is 6. The summed E-state index contributed by atoms with van der Waals surface area (Å²) >= 11 is 0. The molecule has 8 nitrogen and oxygen atoms in total. The van der Waals surface area contributed by atoms with Gasteiger partial charge < -0.3 is 10.1 Å². The van der Waals surface area contributed by atoms with Crippen LogP contribution in [0.15, 0.2) is 47.4 Å². The molecule has 2 heterocycles. The zero-order chi connectivity index (χ0) is 26.3. The average Bonchev–Trinajstić information content (AvgIpc) is 3.67. The Morgan fingerprint density at radius 3 is 2.46 bits per heavy atom. The summed E-state index contributed by atoms with van der Waals surface area (Å²) in [7, 11) is -4.07. The topological polar surface area (TPSA) is 110 Å². The lowest BCUT2D eigenvalue weighted by atomic mass is 10.00. The van der Waals surface area contributed by atoms with Crippen LogP contribution in [0.25, 0.3) is 11.3 Å². The van der Waals surface area contributed by atoms with Crippen molar-refractivity contribution in [3.8, 4) is 17.1 Å². The number of nitrogens with one attached hydrogen (secondary N) is 2. The molecule has 1 aromatic heterocycles. The van der Waals surface area contributed by atoms with Gasteiger partial charge in [-0.1, -0.05) is 32.0 Å². The van der Waals surface area contributed by atoms with Crippen molar-refractivity contribution < 1.29 is 17.9 Å². The van der Waals surface area contributed by atoms with E-state index >= 15 is 0 Å². The van der Waals surface area contributed by atoms with Crippen LogP contribution in [0.3, 0.4) is 0 Å². The Balaban J connectivity index is 1.65. The molecule has 1 atom stereocenters. The van der Waals surface area contributed by atoms with E-state index in [1.54, 1.807) is 18.2 Å². The molecule has 37 heavy (non-hydrogen) atoms. The van der Waals surface area contributed by atoms with Crippen LogP contribution in [0.4, 0.5) is 5.95 Å². The largest absolute Gasteiger partial charge is 0.475 e. The van der Waals surface area contributed by atoms with Crippen molar-refractivity contribution in [1.82, 2.24) is 15.3 Å². The predicted octanol–water partition coefficient (Wildman–Crippen LogP) is 4.98. The summed E-state index contributed by atoms with van der Waals surface area (Å²) in [5, 5.41) is 3.06. The molecule has 0 unspecified atom stereocenters. The Morgan fingerprint density at radius 1 is 1.05 bits per heavy atom. The number of nitrogens with zero attached hydrogens (tertiary/aromatic N) is 2. The van der Waals surface area contributed by atoms with Gasteiger partial charge in [0.2, 0.25) is 11.8 Å². The van der Waals surface area contributed by atoms with E-state index < -0.39 is 10.0 Å². The second-order valence-electron chi connectivity index (χ2n) is 10.5. The van der Waals surface area contributed by atoms with Crippen LogP contribution >= 0.6 is 0 Å². The highest BCUT2D eigenvalue weighted by molar-refractivity contribution is 7.92. The highest BCUT2D eigenvalue weighted by atomic mass is 32.2. The maximum Gasteiger partial charge on any atom is 0.264 e. The summed E-state index contributed by atoms with van der Waals surface area (Å²) in [5.41, 5.74) is 4.63. The lowest BCUT2D eigenvalue weighted by Crippen LogP contribution is -2.40. The van der Waals surface area contributed by atoms with Crippen LogP contribution in [0.5, 0.6) is 5.88 Å². The van der Waals surface area contributed by atoms with Crippen molar-refractivity contribution in [3.05, 3.63) is 64.7 Å². The lowest BCUT2D eigenvalue weighted by molar-refractivity contribution is 0.0913. The molecule has 5 rings (SSSR count). The van der Waals surface area contributed by atoms with E-state index in [0.29, 0.717) is 23.6 Å². The van der Waals surface area contributed by atoms with Crippen molar-refractivity contribution >= 4 is 21.9 Å². The number of amides is 1. The van der Waals surface area contributed by atoms with E-state index in [1.165, 1.54) is 6.07 Å². The zero-order valence-electron chi connectivity index (χ0n) is 21.5. The van der Waals surface area contributed by atoms with Crippen molar-refractivity contribution in [3.63, 3.8) is 0 Å². The first-order valence-corrected chi connectivity index (χ1v) is 14.1. The van der Waals surface area contributed by atoms with Crippen molar-refractivity contribution in [2.24, 2.45) is 5.92 Å². The molecule has 0 radical (unpaired) electrons. The summed E-state index contributed by atoms with van der Waals surface area (Å²) in [6, 6.07) is 12.2. The Kier molecular flexibility index (Phi) is 6.66. The molecular formula is C28H32N4O4S. The summed E-state index contributed by atoms with van der Waals surface area (Å²) in [6.07, 6.45) is 2.65. The summed E-state index contributed by atoms with van der Waals surface area (Å²) in [6.45, 7) is 8.32. The van der Waals surface area contributed by atoms with Crippen molar-refractivity contribution in [1.29, 1.82) is 0 Å². The molecule has 1 fully saturated rings. The van der Waals surface area contributed by atoms with Gasteiger partial charge in [0, 0.05) is 17.2 Å². The molecule has 1 saturated carbocycles. The molecule has 1 aliphatic heterocycles. The van der Waals surface area contributed by atoms with Gasteiger partial charge in [-0.2, -0.15) is 4.98 Å². The molecular weight excluding hydrogens is 488 g/mol. The van der Waals surface area contributed by atoms with Crippen LogP contribution in [0.2, 0.25) is 0 Å². The molecule has 1 aliphatic carbocycles. The fraction of sp³-hybridized carbons (Fsp3) is 0.393. The number of ether oxygens (including phenoxy) is 1. The van der Waals surface area contributed by atoms with Gasteiger partial charge in [-0.05, 0) is 79.8 Å². The third kappa shape index (κ3) is 5.61. The van der Waals surface area contributed by atoms with Crippen LogP contribution in [-0.4, -0.2) is 36.9 Å². The van der Waals surface area contributed by atoms with Gasteiger partial charge in [0.25, 0.3) is 15.9 Å². The van der Waals surface area contributed by atoms with E-state index in [2.05, 4.69) is 33.9 Å². The number of carbonyl (C=O) groups is 1. The SMILES string of the molecule is Cc1cccc(C)c1-c1cc2nc(n1)NS(=O)(=O)c1cc(cc(C3CC3)c1)C(=O)N[C@H](CC(C)C)CO2. The van der Waals surface area contributed by atoms with E-state index in [4.69, 9.17) is 4.74 Å². The van der Waals surface area contributed by atoms with Crippen LogP contribution in [-0.2, 0) is 10.0 Å². The van der Waals surface area contributed by atoms with Gasteiger partial charge in [0.05, 0.1) is 16.6 Å². The Bertz CT molecular complexity index is 1440. The third-order valence-electron chi connectivity index (χ3n) is 6.74. The van der Waals surface area contributed by atoms with Gasteiger partial charge in [-0.15, -0.1) is 0 Å². The Hall–Kier alpha value is -3.46. The molecule has 194 valence electrons. The number of hydrogen-bond donors (Lipinski definition) is 2. The second kappa shape index (κ2) is 9.78. The Labute approximate surface area is 217 Å². The van der Waals surface area contributed by atoms with E-state index in [-0.39, 0.29) is 41.2 Å². The number of sulfonamides is 1. The van der Waals surface area contributed by atoms with Crippen LogP contribution < -0.4 is 14.8 Å². The molecule has 2 aliphatic rings. The van der Waals surface area contributed by atoms with Gasteiger partial charge in [0.15, 0.2) is 0 Å². The number of rotatable bonds is 4. The number of aryl methyl sites for hydroxylation is 2. The molecule has 2 aromatic carbocycles. The van der Waals surface area contributed by atoms with Gasteiger partial charge in [0.1, 0.15) is 6.61 Å². The predicted molar refractivity (Wildman–Crippen MR) is 142 cm³/mol. The molecule has 1 amide bonds. The van der Waals surface area contributed by atoms with Crippen molar-refractivity contribution in [2.45, 2.75) is 63.8 Å². The van der Waals surface area contributed by atoms with E-state index in [9.17, 15) is 13.2 Å². The first kappa shape index (κ1) is 25.2. The third-order valence-corrected chi connectivity index (χ3v) is 8.05. The highest BCUT2D eigenvalue weighted by Crippen LogP contribution is 2.41. The minimum absolute atomic E-state index is 0.0188. The monoisotopic (exact) mass is 520 g/mol. The molecule has 9 heteroatoms. The molecule has 3 aromatic rings. The summed E-state index contributed by atoms with van der Waals surface area (Å²) < 4.78 is 35.6. The fourth-order valence-electron chi connectivity index (χ4n) is 4.82. The summed E-state index contributed by atoms with van der Waals surface area (Å²) in [5.74, 6) is 0.417. The molecule has 0 saturated heterocycles. The zero-order valence-corrected chi connectivity index (χ0v) is 22.4. The second-order valence-corrected chi connectivity index (χ2v) is 12.1.